The van der Waals surface area contributed by atoms with E-state index in [1.54, 1.807) is 7.11 Å². The summed E-state index contributed by atoms with van der Waals surface area (Å²) in [5.41, 5.74) is 6.52. The van der Waals surface area contributed by atoms with Crippen LogP contribution in [-0.2, 0) is 16.0 Å². The van der Waals surface area contributed by atoms with E-state index in [0.29, 0.717) is 39.1 Å². The normalized spacial score (nSPS) is 16.5. The second-order valence-corrected chi connectivity index (χ2v) is 5.45. The second-order valence-electron chi connectivity index (χ2n) is 5.45. The van der Waals surface area contributed by atoms with Crippen LogP contribution in [0.15, 0.2) is 24.3 Å². The van der Waals surface area contributed by atoms with Crippen LogP contribution in [0.25, 0.3) is 0 Å². The molecule has 1 amide bonds. The summed E-state index contributed by atoms with van der Waals surface area (Å²) in [5, 5.41) is 3.01. The first-order valence-electron chi connectivity index (χ1n) is 7.39. The highest BCUT2D eigenvalue weighted by Crippen LogP contribution is 2.29. The molecular weight excluding hydrogens is 304 g/mol. The number of ether oxygens (including phenoxy) is 2. The minimum Gasteiger partial charge on any atom is -0.497 e. The Hall–Kier alpha value is -1.30. The fourth-order valence-electron chi connectivity index (χ4n) is 2.62. The molecule has 1 heterocycles. The van der Waals surface area contributed by atoms with E-state index < -0.39 is 5.41 Å². The number of rotatable bonds is 6. The van der Waals surface area contributed by atoms with Crippen molar-refractivity contribution in [2.45, 2.75) is 19.3 Å². The van der Waals surface area contributed by atoms with Gasteiger partial charge in [-0.15, -0.1) is 12.4 Å². The fourth-order valence-corrected chi connectivity index (χ4v) is 2.62. The van der Waals surface area contributed by atoms with Crippen molar-refractivity contribution in [3.63, 3.8) is 0 Å². The van der Waals surface area contributed by atoms with Gasteiger partial charge in [-0.1, -0.05) is 12.1 Å². The molecule has 1 aliphatic heterocycles. The Kier molecular flexibility index (Phi) is 7.65. The van der Waals surface area contributed by atoms with Gasteiger partial charge in [0.2, 0.25) is 5.91 Å². The lowest BCUT2D eigenvalue weighted by atomic mass is 9.79. The molecule has 0 atom stereocenters. The van der Waals surface area contributed by atoms with Crippen molar-refractivity contribution in [2.24, 2.45) is 11.1 Å². The number of carbonyl (C=O) groups is 1. The molecule has 0 radical (unpaired) electrons. The van der Waals surface area contributed by atoms with Gasteiger partial charge in [0.25, 0.3) is 0 Å². The lowest BCUT2D eigenvalue weighted by molar-refractivity contribution is -0.135. The minimum atomic E-state index is -0.452. The molecule has 0 aromatic heterocycles. The molecule has 2 rings (SSSR count). The van der Waals surface area contributed by atoms with Gasteiger partial charge in [0.1, 0.15) is 5.75 Å². The molecule has 0 bridgehead atoms. The highest BCUT2D eigenvalue weighted by atomic mass is 35.5. The first-order chi connectivity index (χ1) is 10.2. The van der Waals surface area contributed by atoms with Gasteiger partial charge in [0, 0.05) is 26.3 Å². The average Bonchev–Trinajstić information content (AvgIpc) is 2.55. The molecule has 1 saturated heterocycles. The molecule has 1 fully saturated rings. The number of benzene rings is 1. The lowest BCUT2D eigenvalue weighted by Crippen LogP contribution is -2.49. The Labute approximate surface area is 138 Å². The zero-order chi connectivity index (χ0) is 15.1. The molecule has 5 nitrogen and oxygen atoms in total. The van der Waals surface area contributed by atoms with Crippen LogP contribution in [-0.4, -0.2) is 39.3 Å². The maximum absolute atomic E-state index is 12.4. The summed E-state index contributed by atoms with van der Waals surface area (Å²) in [6, 6.07) is 7.88. The maximum atomic E-state index is 12.4. The van der Waals surface area contributed by atoms with Crippen molar-refractivity contribution in [2.75, 3.05) is 33.4 Å². The summed E-state index contributed by atoms with van der Waals surface area (Å²) < 4.78 is 10.5. The van der Waals surface area contributed by atoms with E-state index >= 15 is 0 Å². The minimum absolute atomic E-state index is 0. The van der Waals surface area contributed by atoms with Crippen LogP contribution in [0.4, 0.5) is 0 Å². The number of methoxy groups -OCH3 is 1. The van der Waals surface area contributed by atoms with Gasteiger partial charge >= 0.3 is 0 Å². The summed E-state index contributed by atoms with van der Waals surface area (Å²) in [7, 11) is 1.65. The number of nitrogens with one attached hydrogen (secondary N) is 1. The van der Waals surface area contributed by atoms with E-state index in [4.69, 9.17) is 15.2 Å². The summed E-state index contributed by atoms with van der Waals surface area (Å²) in [6.45, 7) is 2.21. The number of amides is 1. The lowest BCUT2D eigenvalue weighted by Gasteiger charge is -2.34. The van der Waals surface area contributed by atoms with Gasteiger partial charge in [-0.2, -0.15) is 0 Å². The molecule has 124 valence electrons. The number of nitrogens with two attached hydrogens (primary N) is 1. The van der Waals surface area contributed by atoms with Crippen LogP contribution in [0.2, 0.25) is 0 Å². The first-order valence-corrected chi connectivity index (χ1v) is 7.39. The van der Waals surface area contributed by atoms with E-state index in [-0.39, 0.29) is 18.3 Å². The molecule has 6 heteroatoms. The van der Waals surface area contributed by atoms with Crippen LogP contribution >= 0.6 is 12.4 Å². The molecule has 0 saturated carbocycles. The zero-order valence-electron chi connectivity index (χ0n) is 13.0. The van der Waals surface area contributed by atoms with Crippen molar-refractivity contribution in [1.82, 2.24) is 5.32 Å². The van der Waals surface area contributed by atoms with Gasteiger partial charge in [0.15, 0.2) is 0 Å². The number of hydrogen-bond acceptors (Lipinski definition) is 4. The molecule has 1 aliphatic rings. The third-order valence-electron chi connectivity index (χ3n) is 4.16. The molecule has 1 aromatic rings. The summed E-state index contributed by atoms with van der Waals surface area (Å²) in [6.07, 6.45) is 2.18. The Balaban J connectivity index is 0.00000242. The first kappa shape index (κ1) is 18.7. The van der Waals surface area contributed by atoms with Crippen LogP contribution < -0.4 is 15.8 Å². The molecule has 0 spiro atoms. The third-order valence-corrected chi connectivity index (χ3v) is 4.16. The van der Waals surface area contributed by atoms with Crippen LogP contribution in [0.1, 0.15) is 18.4 Å². The van der Waals surface area contributed by atoms with Crippen molar-refractivity contribution in [1.29, 1.82) is 0 Å². The number of halogens is 1. The van der Waals surface area contributed by atoms with Crippen LogP contribution in [0, 0.1) is 5.41 Å². The molecule has 0 aliphatic carbocycles. The third kappa shape index (κ3) is 4.60. The van der Waals surface area contributed by atoms with E-state index in [0.717, 1.165) is 17.7 Å². The summed E-state index contributed by atoms with van der Waals surface area (Å²) >= 11 is 0. The summed E-state index contributed by atoms with van der Waals surface area (Å²) in [4.78, 5) is 12.4. The highest BCUT2D eigenvalue weighted by Gasteiger charge is 2.38. The van der Waals surface area contributed by atoms with E-state index in [1.165, 1.54) is 0 Å². The smallest absolute Gasteiger partial charge is 0.227 e. The number of carbonyl (C=O) groups excluding carboxylic acids is 1. The Morgan fingerprint density at radius 3 is 2.77 bits per heavy atom. The van der Waals surface area contributed by atoms with E-state index in [9.17, 15) is 4.79 Å². The Morgan fingerprint density at radius 2 is 2.14 bits per heavy atom. The standard InChI is InChI=1S/C16H24N2O3.ClH/c1-20-14-4-2-3-13(11-14)5-8-18-15(19)16(12-17)6-9-21-10-7-16;/h2-4,11H,5-10,12,17H2,1H3,(H,18,19);1H. The highest BCUT2D eigenvalue weighted by molar-refractivity contribution is 5.85. The zero-order valence-corrected chi connectivity index (χ0v) is 13.8. The van der Waals surface area contributed by atoms with Gasteiger partial charge in [-0.25, -0.2) is 0 Å². The van der Waals surface area contributed by atoms with E-state index in [2.05, 4.69) is 5.32 Å². The van der Waals surface area contributed by atoms with Crippen LogP contribution in [0.3, 0.4) is 0 Å². The maximum Gasteiger partial charge on any atom is 0.227 e. The van der Waals surface area contributed by atoms with Crippen molar-refractivity contribution in [3.05, 3.63) is 29.8 Å². The van der Waals surface area contributed by atoms with Crippen LogP contribution in [0.5, 0.6) is 5.75 Å². The van der Waals surface area contributed by atoms with Gasteiger partial charge in [0.05, 0.1) is 12.5 Å². The van der Waals surface area contributed by atoms with Crippen molar-refractivity contribution in [3.8, 4) is 5.75 Å². The fraction of sp³-hybridized carbons (Fsp3) is 0.562. The quantitative estimate of drug-likeness (QED) is 0.830. The topological polar surface area (TPSA) is 73.6 Å². The molecule has 0 unspecified atom stereocenters. The Bertz CT molecular complexity index is 476. The average molecular weight is 329 g/mol. The monoisotopic (exact) mass is 328 g/mol. The van der Waals surface area contributed by atoms with Gasteiger partial charge < -0.3 is 20.5 Å². The molecule has 22 heavy (non-hydrogen) atoms. The van der Waals surface area contributed by atoms with Crippen molar-refractivity contribution >= 4 is 18.3 Å². The molecule has 1 aromatic carbocycles. The predicted molar refractivity (Wildman–Crippen MR) is 88.5 cm³/mol. The van der Waals surface area contributed by atoms with E-state index in [1.807, 2.05) is 24.3 Å². The Morgan fingerprint density at radius 1 is 1.41 bits per heavy atom. The largest absolute Gasteiger partial charge is 0.497 e. The van der Waals surface area contributed by atoms with Gasteiger partial charge in [-0.05, 0) is 37.0 Å². The molecular formula is C16H25ClN2O3. The molecule has 3 N–H and O–H groups in total. The summed E-state index contributed by atoms with van der Waals surface area (Å²) in [5.74, 6) is 0.887. The predicted octanol–water partition coefficient (Wildman–Crippen LogP) is 1.53. The SMILES string of the molecule is COc1cccc(CCNC(=O)C2(CN)CCOCC2)c1.Cl. The van der Waals surface area contributed by atoms with Crippen molar-refractivity contribution < 1.29 is 14.3 Å². The number of hydrogen-bond donors (Lipinski definition) is 2. The van der Waals surface area contributed by atoms with Gasteiger partial charge in [-0.3, -0.25) is 4.79 Å². The second kappa shape index (κ2) is 8.98.